The SMILES string of the molecule is CS(=O)(=O)O.CS(=O)(=O)O.Fc1cnc(N2CCNCC2)nc1Cc1cnc(-c2ccccc2)[nH]1. The minimum atomic E-state index is -3.67. The van der Waals surface area contributed by atoms with Crippen molar-refractivity contribution in [2.24, 2.45) is 0 Å². The fourth-order valence-electron chi connectivity index (χ4n) is 2.91. The maximum absolute atomic E-state index is 14.2. The van der Waals surface area contributed by atoms with Gasteiger partial charge in [0.1, 0.15) is 5.82 Å². The van der Waals surface area contributed by atoms with Crippen molar-refractivity contribution in [3.63, 3.8) is 0 Å². The number of anilines is 1. The molecule has 1 aliphatic rings. The van der Waals surface area contributed by atoms with Crippen LogP contribution < -0.4 is 10.2 Å². The van der Waals surface area contributed by atoms with Crippen molar-refractivity contribution in [2.75, 3.05) is 43.6 Å². The molecule has 1 saturated heterocycles. The van der Waals surface area contributed by atoms with Crippen molar-refractivity contribution in [3.05, 3.63) is 59.9 Å². The Bertz CT molecular complexity index is 1250. The van der Waals surface area contributed by atoms with Gasteiger partial charge < -0.3 is 15.2 Å². The summed E-state index contributed by atoms with van der Waals surface area (Å²) in [5, 5.41) is 3.28. The summed E-state index contributed by atoms with van der Waals surface area (Å²) in [6.07, 6.45) is 4.77. The number of hydrogen-bond donors (Lipinski definition) is 4. The molecule has 192 valence electrons. The van der Waals surface area contributed by atoms with E-state index in [1.807, 2.05) is 30.3 Å². The molecule has 12 nitrogen and oxygen atoms in total. The van der Waals surface area contributed by atoms with Crippen molar-refractivity contribution < 1.29 is 30.3 Å². The highest BCUT2D eigenvalue weighted by molar-refractivity contribution is 7.85. The first-order chi connectivity index (χ1) is 16.3. The van der Waals surface area contributed by atoms with Gasteiger partial charge >= 0.3 is 0 Å². The lowest BCUT2D eigenvalue weighted by Gasteiger charge is -2.27. The molecule has 1 fully saturated rings. The zero-order chi connectivity index (χ0) is 26.1. The predicted molar refractivity (Wildman–Crippen MR) is 129 cm³/mol. The molecular formula is C20H27FN6O6S2. The molecule has 2 aromatic heterocycles. The van der Waals surface area contributed by atoms with E-state index in [1.54, 1.807) is 6.20 Å². The zero-order valence-electron chi connectivity index (χ0n) is 19.1. The van der Waals surface area contributed by atoms with E-state index in [0.29, 0.717) is 30.6 Å². The summed E-state index contributed by atoms with van der Waals surface area (Å²) in [5.74, 6) is 0.961. The lowest BCUT2D eigenvalue weighted by molar-refractivity contribution is 0.488. The molecule has 0 saturated carbocycles. The maximum Gasteiger partial charge on any atom is 0.261 e. The van der Waals surface area contributed by atoms with E-state index in [0.717, 1.165) is 43.3 Å². The topological polar surface area (TPSA) is 178 Å². The molecular weight excluding hydrogens is 503 g/mol. The molecule has 0 radical (unpaired) electrons. The molecule has 0 spiro atoms. The van der Waals surface area contributed by atoms with Gasteiger partial charge in [-0.1, -0.05) is 30.3 Å². The fraction of sp³-hybridized carbons (Fsp3) is 0.350. The van der Waals surface area contributed by atoms with E-state index in [4.69, 9.17) is 9.11 Å². The first-order valence-corrected chi connectivity index (χ1v) is 13.9. The van der Waals surface area contributed by atoms with Crippen molar-refractivity contribution in [1.82, 2.24) is 25.3 Å². The highest BCUT2D eigenvalue weighted by Gasteiger charge is 2.16. The molecule has 4 rings (SSSR count). The fourth-order valence-corrected chi connectivity index (χ4v) is 2.91. The van der Waals surface area contributed by atoms with Gasteiger partial charge in [-0.15, -0.1) is 0 Å². The zero-order valence-corrected chi connectivity index (χ0v) is 20.7. The van der Waals surface area contributed by atoms with Gasteiger partial charge in [0, 0.05) is 50.1 Å². The van der Waals surface area contributed by atoms with Gasteiger partial charge in [0.15, 0.2) is 5.82 Å². The number of rotatable bonds is 4. The molecule has 1 aromatic carbocycles. The molecule has 0 atom stereocenters. The minimum Gasteiger partial charge on any atom is -0.342 e. The number of piperazine rings is 1. The molecule has 1 aliphatic heterocycles. The molecule has 0 bridgehead atoms. The van der Waals surface area contributed by atoms with Gasteiger partial charge in [-0.2, -0.15) is 16.8 Å². The first kappa shape index (κ1) is 28.3. The monoisotopic (exact) mass is 530 g/mol. The third-order valence-electron chi connectivity index (χ3n) is 4.24. The Hall–Kier alpha value is -2.98. The minimum absolute atomic E-state index is 0.354. The highest BCUT2D eigenvalue weighted by atomic mass is 32.2. The molecule has 0 amide bonds. The van der Waals surface area contributed by atoms with Crippen LogP contribution in [0.5, 0.6) is 0 Å². The number of imidazole rings is 1. The highest BCUT2D eigenvalue weighted by Crippen LogP contribution is 2.18. The normalized spacial score (nSPS) is 13.8. The standard InChI is InChI=1S/C18H19FN6.2CH4O3S/c19-15-12-22-18(25-8-6-20-7-9-25)24-16(15)10-14-11-21-17(23-14)13-4-2-1-3-5-13;2*1-5(2,3)4/h1-5,11-12,20H,6-10H2,(H,21,23);2*1H3,(H,2,3,4). The summed E-state index contributed by atoms with van der Waals surface area (Å²) in [5.41, 5.74) is 2.20. The molecule has 3 aromatic rings. The van der Waals surface area contributed by atoms with Gasteiger partial charge in [-0.25, -0.2) is 19.3 Å². The number of aromatic amines is 1. The van der Waals surface area contributed by atoms with Gasteiger partial charge in [0.25, 0.3) is 20.2 Å². The molecule has 3 heterocycles. The second-order valence-electron chi connectivity index (χ2n) is 7.47. The third kappa shape index (κ3) is 11.8. The van der Waals surface area contributed by atoms with Crippen LogP contribution in [0.4, 0.5) is 10.3 Å². The quantitative estimate of drug-likeness (QED) is 0.354. The van der Waals surface area contributed by atoms with E-state index in [1.165, 1.54) is 6.20 Å². The molecule has 15 heteroatoms. The number of halogens is 1. The van der Waals surface area contributed by atoms with Gasteiger partial charge in [0.2, 0.25) is 5.95 Å². The van der Waals surface area contributed by atoms with E-state index < -0.39 is 26.1 Å². The number of nitrogens with one attached hydrogen (secondary N) is 2. The summed E-state index contributed by atoms with van der Waals surface area (Å²) in [7, 11) is -7.33. The van der Waals surface area contributed by atoms with E-state index in [9.17, 15) is 21.2 Å². The number of hydrogen-bond acceptors (Lipinski definition) is 9. The lowest BCUT2D eigenvalue weighted by Crippen LogP contribution is -2.44. The smallest absolute Gasteiger partial charge is 0.261 e. The van der Waals surface area contributed by atoms with E-state index >= 15 is 0 Å². The van der Waals surface area contributed by atoms with Crippen LogP contribution in [-0.2, 0) is 26.7 Å². The van der Waals surface area contributed by atoms with Crippen molar-refractivity contribution >= 4 is 26.2 Å². The van der Waals surface area contributed by atoms with Gasteiger partial charge in [-0.05, 0) is 0 Å². The molecule has 4 N–H and O–H groups in total. The van der Waals surface area contributed by atoms with Crippen LogP contribution in [0.15, 0.2) is 42.7 Å². The summed E-state index contributed by atoms with van der Waals surface area (Å²) in [4.78, 5) is 18.3. The number of H-pyrrole nitrogens is 1. The number of nitrogens with zero attached hydrogens (tertiary/aromatic N) is 4. The molecule has 0 unspecified atom stereocenters. The van der Waals surface area contributed by atoms with Crippen molar-refractivity contribution in [1.29, 1.82) is 0 Å². The third-order valence-corrected chi connectivity index (χ3v) is 4.24. The lowest BCUT2D eigenvalue weighted by atomic mass is 10.2. The van der Waals surface area contributed by atoms with Crippen molar-refractivity contribution in [2.45, 2.75) is 6.42 Å². The Morgan fingerprint density at radius 1 is 0.971 bits per heavy atom. The number of aromatic nitrogens is 4. The summed E-state index contributed by atoms with van der Waals surface area (Å²) in [6.45, 7) is 3.43. The summed E-state index contributed by atoms with van der Waals surface area (Å²) < 4.78 is 65.9. The van der Waals surface area contributed by atoms with E-state index in [2.05, 4.69) is 30.2 Å². The van der Waals surface area contributed by atoms with Crippen LogP contribution in [-0.4, -0.2) is 84.6 Å². The summed E-state index contributed by atoms with van der Waals surface area (Å²) in [6, 6.07) is 9.84. The van der Waals surface area contributed by atoms with Gasteiger partial charge in [-0.3, -0.25) is 9.11 Å². The number of benzene rings is 1. The van der Waals surface area contributed by atoms with Crippen LogP contribution in [0, 0.1) is 5.82 Å². The largest absolute Gasteiger partial charge is 0.342 e. The second kappa shape index (κ2) is 12.6. The van der Waals surface area contributed by atoms with Crippen LogP contribution in [0.2, 0.25) is 0 Å². The molecule has 0 aliphatic carbocycles. The van der Waals surface area contributed by atoms with E-state index in [-0.39, 0.29) is 0 Å². The van der Waals surface area contributed by atoms with Crippen LogP contribution in [0.1, 0.15) is 11.4 Å². The van der Waals surface area contributed by atoms with Crippen LogP contribution in [0.25, 0.3) is 11.4 Å². The summed E-state index contributed by atoms with van der Waals surface area (Å²) >= 11 is 0. The first-order valence-electron chi connectivity index (χ1n) is 10.2. The Labute approximate surface area is 203 Å². The average Bonchev–Trinajstić information content (AvgIpc) is 3.23. The Morgan fingerprint density at radius 3 is 2.11 bits per heavy atom. The second-order valence-corrected chi connectivity index (χ2v) is 10.4. The van der Waals surface area contributed by atoms with Crippen molar-refractivity contribution in [3.8, 4) is 11.4 Å². The predicted octanol–water partition coefficient (Wildman–Crippen LogP) is 1.01. The Balaban J connectivity index is 0.000000368. The molecule has 35 heavy (non-hydrogen) atoms. The Kier molecular flexibility index (Phi) is 10.2. The van der Waals surface area contributed by atoms with Crippen LogP contribution in [0.3, 0.4) is 0 Å². The average molecular weight is 531 g/mol. The Morgan fingerprint density at radius 2 is 1.54 bits per heavy atom. The van der Waals surface area contributed by atoms with Gasteiger partial charge in [0.05, 0.1) is 24.4 Å². The van der Waals surface area contributed by atoms with Crippen LogP contribution >= 0.6 is 0 Å². The maximum atomic E-state index is 14.2.